The van der Waals surface area contributed by atoms with Crippen LogP contribution in [-0.4, -0.2) is 24.9 Å². The van der Waals surface area contributed by atoms with E-state index in [1.807, 2.05) is 25.6 Å². The minimum Gasteiger partial charge on any atom is -0.386 e. The molecule has 1 unspecified atom stereocenters. The van der Waals surface area contributed by atoms with Crippen LogP contribution >= 0.6 is 0 Å². The summed E-state index contributed by atoms with van der Waals surface area (Å²) in [5.41, 5.74) is 3.69. The predicted octanol–water partition coefficient (Wildman–Crippen LogP) is 1.10. The van der Waals surface area contributed by atoms with Gasteiger partial charge >= 0.3 is 0 Å². The number of aliphatic hydroxyl groups excluding tert-OH is 1. The maximum absolute atomic E-state index is 10.1. The second-order valence-corrected chi connectivity index (χ2v) is 4.12. The lowest BCUT2D eigenvalue weighted by molar-refractivity contribution is 0.172. The summed E-state index contributed by atoms with van der Waals surface area (Å²) < 4.78 is 1.83. The molecule has 0 bridgehead atoms. The fraction of sp³-hybridized carbons (Fsp3) is 0.417. The Hall–Kier alpha value is -1.75. The third-order valence-electron chi connectivity index (χ3n) is 2.98. The lowest BCUT2D eigenvalue weighted by atomic mass is 10.0. The Morgan fingerprint density at radius 2 is 2.12 bits per heavy atom. The standard InChI is InChI=1S/C12H16N4O/c1-8-10(9(2)16(3)15-8)6-12(17)11-7-13-4-5-14-11/h4-5,7,12,17H,6H2,1-3H3. The summed E-state index contributed by atoms with van der Waals surface area (Å²) in [6, 6.07) is 0. The zero-order valence-corrected chi connectivity index (χ0v) is 10.3. The molecule has 5 nitrogen and oxygen atoms in total. The van der Waals surface area contributed by atoms with Gasteiger partial charge in [-0.15, -0.1) is 0 Å². The Labute approximate surface area is 100 Å². The lowest BCUT2D eigenvalue weighted by Gasteiger charge is -2.09. The molecule has 5 heteroatoms. The zero-order chi connectivity index (χ0) is 12.4. The molecule has 0 amide bonds. The highest BCUT2D eigenvalue weighted by Crippen LogP contribution is 2.20. The first-order chi connectivity index (χ1) is 8.09. The number of aliphatic hydroxyl groups is 1. The minimum atomic E-state index is -0.634. The van der Waals surface area contributed by atoms with E-state index in [2.05, 4.69) is 15.1 Å². The third-order valence-corrected chi connectivity index (χ3v) is 2.98. The average molecular weight is 232 g/mol. The van der Waals surface area contributed by atoms with Crippen molar-refractivity contribution in [3.05, 3.63) is 41.2 Å². The van der Waals surface area contributed by atoms with Gasteiger partial charge in [-0.3, -0.25) is 14.6 Å². The van der Waals surface area contributed by atoms with Crippen molar-refractivity contribution in [3.63, 3.8) is 0 Å². The fourth-order valence-corrected chi connectivity index (χ4v) is 1.89. The van der Waals surface area contributed by atoms with E-state index in [1.165, 1.54) is 0 Å². The highest BCUT2D eigenvalue weighted by Gasteiger charge is 2.16. The Balaban J connectivity index is 2.22. The molecule has 0 spiro atoms. The van der Waals surface area contributed by atoms with Crippen molar-refractivity contribution in [1.82, 2.24) is 19.7 Å². The van der Waals surface area contributed by atoms with Gasteiger partial charge in [0.15, 0.2) is 0 Å². The monoisotopic (exact) mass is 232 g/mol. The molecule has 17 heavy (non-hydrogen) atoms. The van der Waals surface area contributed by atoms with E-state index in [4.69, 9.17) is 0 Å². The fourth-order valence-electron chi connectivity index (χ4n) is 1.89. The summed E-state index contributed by atoms with van der Waals surface area (Å²) >= 11 is 0. The molecule has 2 rings (SSSR count). The minimum absolute atomic E-state index is 0.518. The number of nitrogens with zero attached hydrogens (tertiary/aromatic N) is 4. The number of aryl methyl sites for hydroxylation is 2. The van der Waals surface area contributed by atoms with Gasteiger partial charge in [0, 0.05) is 31.6 Å². The van der Waals surface area contributed by atoms with Crippen LogP contribution in [0, 0.1) is 13.8 Å². The van der Waals surface area contributed by atoms with Crippen molar-refractivity contribution in [3.8, 4) is 0 Å². The third kappa shape index (κ3) is 2.34. The molecule has 1 atom stereocenters. The van der Waals surface area contributed by atoms with Crippen molar-refractivity contribution < 1.29 is 5.11 Å². The molecule has 0 fully saturated rings. The predicted molar refractivity (Wildman–Crippen MR) is 63.4 cm³/mol. The van der Waals surface area contributed by atoms with E-state index in [0.29, 0.717) is 12.1 Å². The van der Waals surface area contributed by atoms with Crippen molar-refractivity contribution in [2.75, 3.05) is 0 Å². The van der Waals surface area contributed by atoms with E-state index in [-0.39, 0.29) is 0 Å². The van der Waals surface area contributed by atoms with Gasteiger partial charge in [0.1, 0.15) is 6.10 Å². The normalized spacial score (nSPS) is 12.7. The zero-order valence-electron chi connectivity index (χ0n) is 10.3. The molecule has 0 aliphatic heterocycles. The Morgan fingerprint density at radius 1 is 1.35 bits per heavy atom. The second kappa shape index (κ2) is 4.63. The van der Waals surface area contributed by atoms with Crippen LogP contribution in [0.5, 0.6) is 0 Å². The first-order valence-electron chi connectivity index (χ1n) is 5.52. The summed E-state index contributed by atoms with van der Waals surface area (Å²) in [6.45, 7) is 3.95. The quantitative estimate of drug-likeness (QED) is 0.860. The molecule has 1 N–H and O–H groups in total. The Bertz CT molecular complexity index is 507. The second-order valence-electron chi connectivity index (χ2n) is 4.12. The van der Waals surface area contributed by atoms with Crippen molar-refractivity contribution in [2.24, 2.45) is 7.05 Å². The lowest BCUT2D eigenvalue weighted by Crippen LogP contribution is -2.06. The van der Waals surface area contributed by atoms with Crippen LogP contribution in [0.25, 0.3) is 0 Å². The summed E-state index contributed by atoms with van der Waals surface area (Å²) in [7, 11) is 1.90. The SMILES string of the molecule is Cc1nn(C)c(C)c1CC(O)c1cnccn1. The maximum atomic E-state index is 10.1. The summed E-state index contributed by atoms with van der Waals surface area (Å²) in [4.78, 5) is 8.06. The smallest absolute Gasteiger partial charge is 0.102 e. The van der Waals surface area contributed by atoms with E-state index >= 15 is 0 Å². The molecule has 0 saturated heterocycles. The highest BCUT2D eigenvalue weighted by molar-refractivity contribution is 5.26. The summed E-state index contributed by atoms with van der Waals surface area (Å²) in [6.07, 6.45) is 4.65. The van der Waals surface area contributed by atoms with Crippen molar-refractivity contribution in [1.29, 1.82) is 0 Å². The van der Waals surface area contributed by atoms with Crippen LogP contribution in [0.1, 0.15) is 28.7 Å². The molecule has 0 aliphatic rings. The van der Waals surface area contributed by atoms with Gasteiger partial charge in [0.25, 0.3) is 0 Å². The first kappa shape index (κ1) is 11.7. The van der Waals surface area contributed by atoms with Crippen LogP contribution in [0.2, 0.25) is 0 Å². The molecule has 0 saturated carbocycles. The van der Waals surface area contributed by atoms with Gasteiger partial charge in [0.2, 0.25) is 0 Å². The molecule has 0 radical (unpaired) electrons. The maximum Gasteiger partial charge on any atom is 0.102 e. The van der Waals surface area contributed by atoms with Crippen LogP contribution in [-0.2, 0) is 13.5 Å². The van der Waals surface area contributed by atoms with Crippen LogP contribution < -0.4 is 0 Å². The molecule has 2 heterocycles. The van der Waals surface area contributed by atoms with E-state index in [9.17, 15) is 5.11 Å². The topological polar surface area (TPSA) is 63.8 Å². The Morgan fingerprint density at radius 3 is 2.65 bits per heavy atom. The average Bonchev–Trinajstić information content (AvgIpc) is 2.57. The van der Waals surface area contributed by atoms with E-state index in [0.717, 1.165) is 17.0 Å². The summed E-state index contributed by atoms with van der Waals surface area (Å²) in [5, 5.41) is 14.4. The van der Waals surface area contributed by atoms with Crippen molar-refractivity contribution in [2.45, 2.75) is 26.4 Å². The van der Waals surface area contributed by atoms with Gasteiger partial charge in [-0.2, -0.15) is 5.10 Å². The molecule has 0 aliphatic carbocycles. The van der Waals surface area contributed by atoms with Crippen LogP contribution in [0.3, 0.4) is 0 Å². The largest absolute Gasteiger partial charge is 0.386 e. The number of hydrogen-bond acceptors (Lipinski definition) is 4. The molecule has 0 aromatic carbocycles. The van der Waals surface area contributed by atoms with Gasteiger partial charge in [-0.1, -0.05) is 0 Å². The van der Waals surface area contributed by atoms with E-state index in [1.54, 1.807) is 18.6 Å². The number of hydrogen-bond donors (Lipinski definition) is 1. The van der Waals surface area contributed by atoms with Gasteiger partial charge in [0.05, 0.1) is 17.6 Å². The van der Waals surface area contributed by atoms with Gasteiger partial charge in [-0.25, -0.2) is 0 Å². The molecule has 2 aromatic rings. The first-order valence-corrected chi connectivity index (χ1v) is 5.52. The van der Waals surface area contributed by atoms with Gasteiger partial charge < -0.3 is 5.11 Å². The Kier molecular flexibility index (Phi) is 3.19. The molecule has 90 valence electrons. The van der Waals surface area contributed by atoms with Gasteiger partial charge in [-0.05, 0) is 19.4 Å². The van der Waals surface area contributed by atoms with Crippen LogP contribution in [0.4, 0.5) is 0 Å². The summed E-state index contributed by atoms with van der Waals surface area (Å²) in [5.74, 6) is 0. The molecular formula is C12H16N4O. The number of aromatic nitrogens is 4. The van der Waals surface area contributed by atoms with E-state index < -0.39 is 6.10 Å². The highest BCUT2D eigenvalue weighted by atomic mass is 16.3. The molecule has 2 aromatic heterocycles. The van der Waals surface area contributed by atoms with Crippen LogP contribution in [0.15, 0.2) is 18.6 Å². The molecular weight excluding hydrogens is 216 g/mol. The number of rotatable bonds is 3. The van der Waals surface area contributed by atoms with Crippen molar-refractivity contribution >= 4 is 0 Å².